The minimum atomic E-state index is -1.04. The van der Waals surface area contributed by atoms with Crippen LogP contribution in [0.1, 0.15) is 49.4 Å². The van der Waals surface area contributed by atoms with Crippen LogP contribution in [0.3, 0.4) is 0 Å². The van der Waals surface area contributed by atoms with Crippen molar-refractivity contribution in [1.29, 1.82) is 0 Å². The first kappa shape index (κ1) is 23.5. The molecule has 3 aliphatic rings. The predicted octanol–water partition coefficient (Wildman–Crippen LogP) is 5.29. The Balaban J connectivity index is 1.47. The Morgan fingerprint density at radius 2 is 2.06 bits per heavy atom. The van der Waals surface area contributed by atoms with Gasteiger partial charge in [-0.2, -0.15) is 0 Å². The first-order valence-electron chi connectivity index (χ1n) is 11.6. The highest BCUT2D eigenvalue weighted by Crippen LogP contribution is 2.66. The maximum Gasteiger partial charge on any atom is 0.239 e. The van der Waals surface area contributed by atoms with Crippen LogP contribution in [0.15, 0.2) is 41.5 Å². The summed E-state index contributed by atoms with van der Waals surface area (Å²) in [6.45, 7) is 10.3. The number of fused-ring (bicyclic) bond motifs is 1. The molecule has 1 aromatic heterocycles. The van der Waals surface area contributed by atoms with Crippen molar-refractivity contribution in [2.75, 3.05) is 13.1 Å². The molecule has 35 heavy (non-hydrogen) atoms. The van der Waals surface area contributed by atoms with Crippen molar-refractivity contribution in [2.24, 2.45) is 16.6 Å². The molecule has 0 spiro atoms. The smallest absolute Gasteiger partial charge is 0.239 e. The SMILES string of the molecule is [C-]#[N+]c1ccc(/C(F)=C/c2ccc(F)c([C@@]3(C)N=C(N)S[C@@]4(C(=O)N5CCCCC5)C[C@H]43)c2)nc1. The molecule has 1 amide bonds. The maximum absolute atomic E-state index is 15.2. The third-order valence-electron chi connectivity index (χ3n) is 7.17. The van der Waals surface area contributed by atoms with Crippen LogP contribution >= 0.6 is 11.8 Å². The van der Waals surface area contributed by atoms with Crippen molar-refractivity contribution in [1.82, 2.24) is 9.88 Å². The minimum Gasteiger partial charge on any atom is -0.378 e. The monoisotopic (exact) mass is 493 g/mol. The zero-order chi connectivity index (χ0) is 24.8. The summed E-state index contributed by atoms with van der Waals surface area (Å²) in [5.41, 5.74) is 6.29. The Bertz CT molecular complexity index is 1280. The van der Waals surface area contributed by atoms with Crippen molar-refractivity contribution < 1.29 is 13.6 Å². The van der Waals surface area contributed by atoms with Gasteiger partial charge in [-0.15, -0.1) is 0 Å². The van der Waals surface area contributed by atoms with Gasteiger partial charge in [0.1, 0.15) is 16.4 Å². The summed E-state index contributed by atoms with van der Waals surface area (Å²) in [5.74, 6) is -1.22. The highest BCUT2D eigenvalue weighted by molar-refractivity contribution is 8.15. The molecule has 0 unspecified atom stereocenters. The van der Waals surface area contributed by atoms with Gasteiger partial charge >= 0.3 is 0 Å². The lowest BCUT2D eigenvalue weighted by molar-refractivity contribution is -0.132. The number of hydrogen-bond acceptors (Lipinski definition) is 5. The topological polar surface area (TPSA) is 75.9 Å². The number of carbonyl (C=O) groups excluding carboxylic acids is 1. The summed E-state index contributed by atoms with van der Waals surface area (Å²) in [6, 6.07) is 7.27. The van der Waals surface area contributed by atoms with E-state index in [-0.39, 0.29) is 28.3 Å². The molecule has 6 nitrogen and oxygen atoms in total. The minimum absolute atomic E-state index is 0.0627. The van der Waals surface area contributed by atoms with E-state index >= 15 is 4.39 Å². The molecular weight excluding hydrogens is 468 g/mol. The lowest BCUT2D eigenvalue weighted by Gasteiger charge is -2.37. The molecular formula is C26H25F2N5OS. The number of thioether (sulfide) groups is 1. The van der Waals surface area contributed by atoms with Crippen LogP contribution in [0.4, 0.5) is 14.5 Å². The zero-order valence-electron chi connectivity index (χ0n) is 19.3. The van der Waals surface area contributed by atoms with E-state index in [0.29, 0.717) is 17.7 Å². The number of benzene rings is 1. The standard InChI is InChI=1S/C26H25F2N5OS/c1-25(22-14-26(22,35-24(29)32-25)23(34)33-10-4-3-5-11-33)18-12-16(6-8-19(18)27)13-20(28)21-9-7-17(30-2)15-31-21/h6-9,12-13,15,22H,3-5,10-11,14H2,1H3,(H2,29,32)/b20-13-/t22-,25+,26-/m0/s1. The third kappa shape index (κ3) is 4.10. The van der Waals surface area contributed by atoms with Crippen LogP contribution in [-0.2, 0) is 10.3 Å². The molecule has 1 aromatic carbocycles. The van der Waals surface area contributed by atoms with E-state index in [4.69, 9.17) is 12.3 Å². The largest absolute Gasteiger partial charge is 0.378 e. The van der Waals surface area contributed by atoms with E-state index in [1.165, 1.54) is 48.3 Å². The van der Waals surface area contributed by atoms with Crippen LogP contribution < -0.4 is 5.73 Å². The maximum atomic E-state index is 15.2. The second kappa shape index (κ2) is 8.76. The Labute approximate surface area is 207 Å². The number of nitrogens with two attached hydrogens (primary N) is 1. The highest BCUT2D eigenvalue weighted by atomic mass is 32.2. The van der Waals surface area contributed by atoms with Crippen molar-refractivity contribution in [3.05, 3.63) is 70.6 Å². The normalized spacial score (nSPS) is 28.1. The first-order valence-corrected chi connectivity index (χ1v) is 12.4. The average Bonchev–Trinajstić information content (AvgIpc) is 3.62. The van der Waals surface area contributed by atoms with Gasteiger partial charge < -0.3 is 10.6 Å². The molecule has 1 saturated heterocycles. The summed E-state index contributed by atoms with van der Waals surface area (Å²) < 4.78 is 29.3. The van der Waals surface area contributed by atoms with Crippen LogP contribution in [0.2, 0.25) is 0 Å². The fraction of sp³-hybridized carbons (Fsp3) is 0.385. The summed E-state index contributed by atoms with van der Waals surface area (Å²) in [4.78, 5) is 27.3. The Kier molecular flexibility index (Phi) is 5.88. The molecule has 0 bridgehead atoms. The summed E-state index contributed by atoms with van der Waals surface area (Å²) >= 11 is 1.30. The molecule has 3 atom stereocenters. The lowest BCUT2D eigenvalue weighted by atomic mass is 9.84. The highest BCUT2D eigenvalue weighted by Gasteiger charge is 2.71. The van der Waals surface area contributed by atoms with Crippen molar-refractivity contribution in [3.63, 3.8) is 0 Å². The van der Waals surface area contributed by atoms with E-state index in [0.717, 1.165) is 32.4 Å². The molecule has 2 fully saturated rings. The molecule has 180 valence electrons. The number of hydrogen-bond donors (Lipinski definition) is 1. The van der Waals surface area contributed by atoms with E-state index in [9.17, 15) is 9.18 Å². The number of halogens is 2. The van der Waals surface area contributed by atoms with Crippen LogP contribution in [0.5, 0.6) is 0 Å². The Morgan fingerprint density at radius 1 is 1.29 bits per heavy atom. The van der Waals surface area contributed by atoms with Gasteiger partial charge in [-0.1, -0.05) is 23.9 Å². The summed E-state index contributed by atoms with van der Waals surface area (Å²) in [5, 5.41) is 0.266. The molecule has 2 aliphatic heterocycles. The second-order valence-electron chi connectivity index (χ2n) is 9.44. The molecule has 2 aromatic rings. The molecule has 3 heterocycles. The molecule has 2 N–H and O–H groups in total. The number of aromatic nitrogens is 1. The second-order valence-corrected chi connectivity index (χ2v) is 10.8. The number of carbonyl (C=O) groups is 1. The Hall–Kier alpha value is -3.25. The molecule has 5 rings (SSSR count). The molecule has 0 radical (unpaired) electrons. The first-order chi connectivity index (χ1) is 16.8. The zero-order valence-corrected chi connectivity index (χ0v) is 20.1. The van der Waals surface area contributed by atoms with Gasteiger partial charge in [0, 0.05) is 30.8 Å². The van der Waals surface area contributed by atoms with E-state index in [1.807, 2.05) is 11.8 Å². The van der Waals surface area contributed by atoms with E-state index in [2.05, 4.69) is 14.8 Å². The predicted molar refractivity (Wildman–Crippen MR) is 134 cm³/mol. The summed E-state index contributed by atoms with van der Waals surface area (Å²) in [6.07, 6.45) is 6.24. The Morgan fingerprint density at radius 3 is 2.74 bits per heavy atom. The molecule has 1 aliphatic carbocycles. The van der Waals surface area contributed by atoms with Gasteiger partial charge in [0.2, 0.25) is 11.6 Å². The van der Waals surface area contributed by atoms with Crippen LogP contribution in [0.25, 0.3) is 16.7 Å². The number of aliphatic imine (C=N–C) groups is 1. The van der Waals surface area contributed by atoms with E-state index < -0.39 is 21.9 Å². The van der Waals surface area contributed by atoms with Crippen molar-refractivity contribution in [2.45, 2.75) is 42.9 Å². The van der Waals surface area contributed by atoms with Gasteiger partial charge in [0.05, 0.1) is 17.8 Å². The van der Waals surface area contributed by atoms with Gasteiger partial charge in [-0.25, -0.2) is 13.6 Å². The lowest BCUT2D eigenvalue weighted by Crippen LogP contribution is -2.47. The fourth-order valence-corrected chi connectivity index (χ4v) is 6.70. The molecule has 9 heteroatoms. The number of piperidine rings is 1. The fourth-order valence-electron chi connectivity index (χ4n) is 5.25. The van der Waals surface area contributed by atoms with Crippen molar-refractivity contribution >= 4 is 40.4 Å². The van der Waals surface area contributed by atoms with Gasteiger partial charge in [-0.3, -0.25) is 14.8 Å². The number of pyridine rings is 1. The van der Waals surface area contributed by atoms with Gasteiger partial charge in [0.25, 0.3) is 0 Å². The van der Waals surface area contributed by atoms with E-state index in [1.54, 1.807) is 6.07 Å². The average molecular weight is 494 g/mol. The summed E-state index contributed by atoms with van der Waals surface area (Å²) in [7, 11) is 0. The van der Waals surface area contributed by atoms with Gasteiger partial charge in [0.15, 0.2) is 5.17 Å². The van der Waals surface area contributed by atoms with Crippen molar-refractivity contribution in [3.8, 4) is 0 Å². The number of nitrogens with zero attached hydrogens (tertiary/aromatic N) is 4. The number of amidine groups is 1. The van der Waals surface area contributed by atoms with Gasteiger partial charge in [-0.05, 0) is 62.4 Å². The van der Waals surface area contributed by atoms with Crippen LogP contribution in [-0.4, -0.2) is 38.8 Å². The quantitative estimate of drug-likeness (QED) is 0.588. The third-order valence-corrected chi connectivity index (χ3v) is 8.46. The number of likely N-dealkylation sites (tertiary alicyclic amines) is 1. The van der Waals surface area contributed by atoms with Crippen LogP contribution in [0, 0.1) is 18.3 Å². The molecule has 1 saturated carbocycles. The number of rotatable bonds is 4. The number of amides is 1.